The van der Waals surface area contributed by atoms with E-state index in [1.807, 2.05) is 19.1 Å². The highest BCUT2D eigenvalue weighted by Crippen LogP contribution is 2.17. The van der Waals surface area contributed by atoms with Crippen LogP contribution in [0, 0.1) is 6.92 Å². The summed E-state index contributed by atoms with van der Waals surface area (Å²) in [6.07, 6.45) is 0. The molecule has 2 rings (SSSR count). The van der Waals surface area contributed by atoms with Gasteiger partial charge in [-0.15, -0.1) is 0 Å². The number of hydrogen-bond acceptors (Lipinski definition) is 4. The Hall–Kier alpha value is -1.81. The normalized spacial score (nSPS) is 10.1. The number of benzene rings is 1. The highest BCUT2D eigenvalue weighted by Gasteiger charge is 2.00. The predicted molar refractivity (Wildman–Crippen MR) is 65.9 cm³/mol. The van der Waals surface area contributed by atoms with Crippen molar-refractivity contribution < 1.29 is 0 Å². The second-order valence-electron chi connectivity index (χ2n) is 3.39. The topological polar surface area (TPSA) is 63.8 Å². The first-order valence-electron chi connectivity index (χ1n) is 4.77. The van der Waals surface area contributed by atoms with Gasteiger partial charge < -0.3 is 11.1 Å². The molecule has 0 atom stereocenters. The zero-order valence-corrected chi connectivity index (χ0v) is 9.49. The molecule has 0 bridgehead atoms. The first-order chi connectivity index (χ1) is 7.63. The van der Waals surface area contributed by atoms with E-state index in [2.05, 4.69) is 15.3 Å². The van der Waals surface area contributed by atoms with Crippen LogP contribution in [0.3, 0.4) is 0 Å². The van der Waals surface area contributed by atoms with Crippen molar-refractivity contribution >= 4 is 29.1 Å². The molecule has 0 saturated heterocycles. The quantitative estimate of drug-likeness (QED) is 0.839. The van der Waals surface area contributed by atoms with Crippen molar-refractivity contribution in [1.82, 2.24) is 9.97 Å². The third-order valence-corrected chi connectivity index (χ3v) is 2.23. The van der Waals surface area contributed by atoms with E-state index in [1.54, 1.807) is 18.2 Å². The Kier molecular flexibility index (Phi) is 2.92. The fourth-order valence-electron chi connectivity index (χ4n) is 1.31. The number of nitrogen functional groups attached to an aromatic ring is 1. The maximum atomic E-state index is 5.79. The van der Waals surface area contributed by atoms with E-state index in [0.29, 0.717) is 16.8 Å². The van der Waals surface area contributed by atoms with Crippen molar-refractivity contribution in [2.24, 2.45) is 0 Å². The van der Waals surface area contributed by atoms with Crippen LogP contribution < -0.4 is 11.1 Å². The van der Waals surface area contributed by atoms with Crippen LogP contribution in [0.15, 0.2) is 30.3 Å². The summed E-state index contributed by atoms with van der Waals surface area (Å²) in [7, 11) is 0. The number of nitrogens with two attached hydrogens (primary N) is 1. The van der Waals surface area contributed by atoms with Gasteiger partial charge in [0.2, 0.25) is 5.95 Å². The number of hydrogen-bond donors (Lipinski definition) is 2. The molecule has 16 heavy (non-hydrogen) atoms. The Morgan fingerprint density at radius 3 is 2.50 bits per heavy atom. The van der Waals surface area contributed by atoms with Gasteiger partial charge in [0.1, 0.15) is 5.82 Å². The van der Waals surface area contributed by atoms with E-state index >= 15 is 0 Å². The first-order valence-corrected chi connectivity index (χ1v) is 5.15. The molecule has 0 fully saturated rings. The SMILES string of the molecule is Cc1cc(N)nc(Nc2ccc(Cl)cc2)n1. The maximum absolute atomic E-state index is 5.79. The molecule has 1 aromatic carbocycles. The van der Waals surface area contributed by atoms with Gasteiger partial charge in [-0.1, -0.05) is 11.6 Å². The Labute approximate surface area is 98.5 Å². The van der Waals surface area contributed by atoms with Crippen molar-refractivity contribution in [2.75, 3.05) is 11.1 Å². The molecule has 0 aliphatic heterocycles. The van der Waals surface area contributed by atoms with Gasteiger partial charge in [0.15, 0.2) is 0 Å². The van der Waals surface area contributed by atoms with Crippen molar-refractivity contribution in [3.63, 3.8) is 0 Å². The molecule has 4 nitrogen and oxygen atoms in total. The Morgan fingerprint density at radius 2 is 1.88 bits per heavy atom. The van der Waals surface area contributed by atoms with Crippen molar-refractivity contribution in [2.45, 2.75) is 6.92 Å². The summed E-state index contributed by atoms with van der Waals surface area (Å²) in [5.74, 6) is 0.934. The van der Waals surface area contributed by atoms with E-state index in [1.165, 1.54) is 0 Å². The number of anilines is 3. The van der Waals surface area contributed by atoms with Crippen LogP contribution in [-0.4, -0.2) is 9.97 Å². The van der Waals surface area contributed by atoms with Crippen molar-refractivity contribution in [3.8, 4) is 0 Å². The lowest BCUT2D eigenvalue weighted by Crippen LogP contribution is -2.01. The summed E-state index contributed by atoms with van der Waals surface area (Å²) in [5, 5.41) is 3.74. The van der Waals surface area contributed by atoms with Gasteiger partial charge >= 0.3 is 0 Å². The predicted octanol–water partition coefficient (Wildman–Crippen LogP) is 2.76. The number of aryl methyl sites for hydroxylation is 1. The Morgan fingerprint density at radius 1 is 1.19 bits per heavy atom. The third-order valence-electron chi connectivity index (χ3n) is 1.97. The standard InChI is InChI=1S/C11H11ClN4/c1-7-6-10(13)16-11(14-7)15-9-4-2-8(12)3-5-9/h2-6H,1H3,(H3,13,14,15,16). The van der Waals surface area contributed by atoms with Crippen LogP contribution in [0.4, 0.5) is 17.5 Å². The van der Waals surface area contributed by atoms with Gasteiger partial charge in [-0.2, -0.15) is 4.98 Å². The minimum atomic E-state index is 0.448. The van der Waals surface area contributed by atoms with Gasteiger partial charge in [-0.05, 0) is 31.2 Å². The molecule has 0 aliphatic rings. The second-order valence-corrected chi connectivity index (χ2v) is 3.83. The average molecular weight is 235 g/mol. The van der Waals surface area contributed by atoms with Crippen LogP contribution >= 0.6 is 11.6 Å². The number of nitrogens with one attached hydrogen (secondary N) is 1. The minimum Gasteiger partial charge on any atom is -0.384 e. The zero-order chi connectivity index (χ0) is 11.5. The molecule has 1 aromatic heterocycles. The fraction of sp³-hybridized carbons (Fsp3) is 0.0909. The molecule has 0 aliphatic carbocycles. The second kappa shape index (κ2) is 4.37. The molecule has 0 amide bonds. The van der Waals surface area contributed by atoms with Crippen LogP contribution in [0.1, 0.15) is 5.69 Å². The van der Waals surface area contributed by atoms with Gasteiger partial charge in [0, 0.05) is 22.5 Å². The third kappa shape index (κ3) is 2.61. The molecule has 3 N–H and O–H groups in total. The molecule has 5 heteroatoms. The van der Waals surface area contributed by atoms with E-state index in [-0.39, 0.29) is 0 Å². The van der Waals surface area contributed by atoms with E-state index in [4.69, 9.17) is 17.3 Å². The summed E-state index contributed by atoms with van der Waals surface area (Å²) in [6, 6.07) is 9.01. The summed E-state index contributed by atoms with van der Waals surface area (Å²) in [6.45, 7) is 1.87. The molecular weight excluding hydrogens is 224 g/mol. The lowest BCUT2D eigenvalue weighted by atomic mass is 10.3. The van der Waals surface area contributed by atoms with Gasteiger partial charge in [-0.3, -0.25) is 0 Å². The molecule has 0 radical (unpaired) electrons. The van der Waals surface area contributed by atoms with Crippen LogP contribution in [0.5, 0.6) is 0 Å². The molecule has 2 aromatic rings. The summed E-state index contributed by atoms with van der Waals surface area (Å²) in [5.41, 5.74) is 7.32. The molecule has 0 spiro atoms. The van der Waals surface area contributed by atoms with Gasteiger partial charge in [0.25, 0.3) is 0 Å². The van der Waals surface area contributed by atoms with E-state index < -0.39 is 0 Å². The lowest BCUT2D eigenvalue weighted by molar-refractivity contribution is 1.11. The van der Waals surface area contributed by atoms with Crippen LogP contribution in [0.25, 0.3) is 0 Å². The summed E-state index contributed by atoms with van der Waals surface area (Å²) >= 11 is 5.79. The zero-order valence-electron chi connectivity index (χ0n) is 8.74. The van der Waals surface area contributed by atoms with Crippen LogP contribution in [-0.2, 0) is 0 Å². The summed E-state index contributed by atoms with van der Waals surface area (Å²) < 4.78 is 0. The van der Waals surface area contributed by atoms with Gasteiger partial charge in [0.05, 0.1) is 0 Å². The highest BCUT2D eigenvalue weighted by atomic mass is 35.5. The first kappa shape index (κ1) is 10.7. The van der Waals surface area contributed by atoms with E-state index in [0.717, 1.165) is 11.4 Å². The largest absolute Gasteiger partial charge is 0.384 e. The molecule has 82 valence electrons. The Bertz CT molecular complexity index is 476. The highest BCUT2D eigenvalue weighted by molar-refractivity contribution is 6.30. The number of aromatic nitrogens is 2. The number of rotatable bonds is 2. The maximum Gasteiger partial charge on any atom is 0.229 e. The number of halogens is 1. The van der Waals surface area contributed by atoms with Gasteiger partial charge in [-0.25, -0.2) is 4.98 Å². The average Bonchev–Trinajstić information content (AvgIpc) is 2.20. The summed E-state index contributed by atoms with van der Waals surface area (Å²) in [4.78, 5) is 8.29. The lowest BCUT2D eigenvalue weighted by Gasteiger charge is -2.06. The molecule has 0 unspecified atom stereocenters. The van der Waals surface area contributed by atoms with Crippen molar-refractivity contribution in [3.05, 3.63) is 41.0 Å². The molecule has 1 heterocycles. The Balaban J connectivity index is 2.23. The van der Waals surface area contributed by atoms with Crippen LogP contribution in [0.2, 0.25) is 5.02 Å². The fourth-order valence-corrected chi connectivity index (χ4v) is 1.44. The van der Waals surface area contributed by atoms with E-state index in [9.17, 15) is 0 Å². The molecule has 0 saturated carbocycles. The van der Waals surface area contributed by atoms with Crippen molar-refractivity contribution in [1.29, 1.82) is 0 Å². The number of nitrogens with zero attached hydrogens (tertiary/aromatic N) is 2. The monoisotopic (exact) mass is 234 g/mol. The minimum absolute atomic E-state index is 0.448. The smallest absolute Gasteiger partial charge is 0.229 e. The molecular formula is C11H11ClN4.